The van der Waals surface area contributed by atoms with Crippen LogP contribution in [0.15, 0.2) is 29.8 Å². The number of hydrogen-bond acceptors (Lipinski definition) is 2. The monoisotopic (exact) mass is 253 g/mol. The Bertz CT molecular complexity index is 420. The van der Waals surface area contributed by atoms with Gasteiger partial charge in [-0.2, -0.15) is 0 Å². The number of halogens is 1. The highest BCUT2D eigenvalue weighted by molar-refractivity contribution is 6.27. The molecule has 0 aliphatic rings. The van der Waals surface area contributed by atoms with Gasteiger partial charge in [-0.05, 0) is 43.7 Å². The summed E-state index contributed by atoms with van der Waals surface area (Å²) in [6.07, 6.45) is 0. The van der Waals surface area contributed by atoms with Crippen LogP contribution in [0.4, 0.5) is 0 Å². The smallest absolute Gasteiger partial charge is 0.239 e. The fourth-order valence-corrected chi connectivity index (χ4v) is 1.48. The van der Waals surface area contributed by atoms with E-state index in [0.717, 1.165) is 22.6 Å². The summed E-state index contributed by atoms with van der Waals surface area (Å²) >= 11 is 5.48. The molecule has 0 aromatic heterocycles. The molecule has 0 unspecified atom stereocenters. The molecule has 0 fully saturated rings. The van der Waals surface area contributed by atoms with Crippen molar-refractivity contribution < 1.29 is 9.53 Å². The van der Waals surface area contributed by atoms with Crippen LogP contribution in [0.1, 0.15) is 19.4 Å². The molecule has 0 aliphatic heterocycles. The summed E-state index contributed by atoms with van der Waals surface area (Å²) in [6, 6.07) is 7.50. The molecule has 0 heterocycles. The van der Waals surface area contributed by atoms with Gasteiger partial charge >= 0.3 is 0 Å². The highest BCUT2D eigenvalue weighted by atomic mass is 35.5. The number of amides is 1. The van der Waals surface area contributed by atoms with Gasteiger partial charge in [-0.25, -0.2) is 0 Å². The van der Waals surface area contributed by atoms with Crippen molar-refractivity contribution >= 4 is 23.2 Å². The second-order valence-corrected chi connectivity index (χ2v) is 4.05. The van der Waals surface area contributed by atoms with Gasteiger partial charge in [-0.3, -0.25) is 4.79 Å². The van der Waals surface area contributed by atoms with Crippen LogP contribution in [0.25, 0.3) is 5.70 Å². The minimum absolute atomic E-state index is 0.0487. The highest BCUT2D eigenvalue weighted by Crippen LogP contribution is 2.19. The zero-order valence-electron chi connectivity index (χ0n) is 10.2. The summed E-state index contributed by atoms with van der Waals surface area (Å²) in [5.74, 6) is 0.525. The quantitative estimate of drug-likeness (QED) is 0.838. The normalized spacial score (nSPS) is 9.65. The molecule has 0 atom stereocenters. The van der Waals surface area contributed by atoms with Crippen molar-refractivity contribution in [1.82, 2.24) is 5.32 Å². The van der Waals surface area contributed by atoms with Gasteiger partial charge in [0.2, 0.25) is 5.91 Å². The summed E-state index contributed by atoms with van der Waals surface area (Å²) in [6.45, 7) is 3.88. The lowest BCUT2D eigenvalue weighted by atomic mass is 10.1. The molecular formula is C13H16ClNO2. The van der Waals surface area contributed by atoms with Crippen molar-refractivity contribution in [3.8, 4) is 5.75 Å². The summed E-state index contributed by atoms with van der Waals surface area (Å²) < 4.78 is 5.09. The van der Waals surface area contributed by atoms with Crippen LogP contribution in [0.3, 0.4) is 0 Å². The van der Waals surface area contributed by atoms with Crippen LogP contribution in [-0.2, 0) is 4.79 Å². The molecule has 3 nitrogen and oxygen atoms in total. The third kappa shape index (κ3) is 3.79. The van der Waals surface area contributed by atoms with Crippen molar-refractivity contribution in [3.63, 3.8) is 0 Å². The second kappa shape index (κ2) is 6.30. The number of carbonyl (C=O) groups is 1. The number of benzene rings is 1. The fourth-order valence-electron chi connectivity index (χ4n) is 1.42. The first-order valence-electron chi connectivity index (χ1n) is 5.26. The lowest BCUT2D eigenvalue weighted by molar-refractivity contribution is -0.117. The largest absolute Gasteiger partial charge is 0.497 e. The molecular weight excluding hydrogens is 238 g/mol. The lowest BCUT2D eigenvalue weighted by Crippen LogP contribution is -2.23. The Morgan fingerprint density at radius 2 is 1.88 bits per heavy atom. The highest BCUT2D eigenvalue weighted by Gasteiger charge is 2.07. The minimum Gasteiger partial charge on any atom is -0.497 e. The van der Waals surface area contributed by atoms with Crippen molar-refractivity contribution in [2.45, 2.75) is 13.8 Å². The third-order valence-electron chi connectivity index (χ3n) is 2.26. The SMILES string of the molecule is COc1ccc(C(NC(=O)CCl)=C(C)C)cc1. The van der Waals surface area contributed by atoms with Crippen LogP contribution >= 0.6 is 11.6 Å². The molecule has 1 aromatic carbocycles. The summed E-state index contributed by atoms with van der Waals surface area (Å²) in [5.41, 5.74) is 2.75. The molecule has 1 N–H and O–H groups in total. The maximum absolute atomic E-state index is 11.3. The average molecular weight is 254 g/mol. The molecule has 0 saturated heterocycles. The van der Waals surface area contributed by atoms with Gasteiger partial charge in [0, 0.05) is 5.70 Å². The lowest BCUT2D eigenvalue weighted by Gasteiger charge is -2.12. The molecule has 0 radical (unpaired) electrons. The topological polar surface area (TPSA) is 38.3 Å². The van der Waals surface area contributed by atoms with Crippen molar-refractivity contribution in [1.29, 1.82) is 0 Å². The van der Waals surface area contributed by atoms with E-state index in [-0.39, 0.29) is 11.8 Å². The fraction of sp³-hybridized carbons (Fsp3) is 0.308. The molecule has 4 heteroatoms. The van der Waals surface area contributed by atoms with E-state index < -0.39 is 0 Å². The number of hydrogen-bond donors (Lipinski definition) is 1. The van der Waals surface area contributed by atoms with Gasteiger partial charge < -0.3 is 10.1 Å². The van der Waals surface area contributed by atoms with Crippen molar-refractivity contribution in [2.75, 3.05) is 13.0 Å². The number of ether oxygens (including phenoxy) is 1. The standard InChI is InChI=1S/C13H16ClNO2/c1-9(2)13(15-12(16)8-14)10-4-6-11(17-3)7-5-10/h4-7H,8H2,1-3H3,(H,15,16). The van der Waals surface area contributed by atoms with E-state index in [2.05, 4.69) is 5.32 Å². The molecule has 0 saturated carbocycles. The van der Waals surface area contributed by atoms with Crippen LogP contribution in [-0.4, -0.2) is 18.9 Å². The van der Waals surface area contributed by atoms with E-state index in [0.29, 0.717) is 0 Å². The van der Waals surface area contributed by atoms with Gasteiger partial charge in [0.15, 0.2) is 0 Å². The number of carbonyl (C=O) groups excluding carboxylic acids is 1. The van der Waals surface area contributed by atoms with E-state index in [9.17, 15) is 4.79 Å². The summed E-state index contributed by atoms with van der Waals surface area (Å²) in [5, 5.41) is 2.79. The van der Waals surface area contributed by atoms with E-state index in [1.807, 2.05) is 38.1 Å². The van der Waals surface area contributed by atoms with E-state index >= 15 is 0 Å². The number of rotatable bonds is 4. The Kier molecular flexibility index (Phi) is 5.04. The predicted octanol–water partition coefficient (Wildman–Crippen LogP) is 2.80. The molecule has 1 rings (SSSR count). The molecule has 17 heavy (non-hydrogen) atoms. The first-order chi connectivity index (χ1) is 8.08. The second-order valence-electron chi connectivity index (χ2n) is 3.79. The maximum atomic E-state index is 11.3. The Balaban J connectivity index is 2.99. The first-order valence-corrected chi connectivity index (χ1v) is 5.79. The van der Waals surface area contributed by atoms with Crippen LogP contribution in [0, 0.1) is 0 Å². The average Bonchev–Trinajstić information content (AvgIpc) is 2.35. The molecule has 1 aromatic rings. The Morgan fingerprint density at radius 3 is 2.29 bits per heavy atom. The minimum atomic E-state index is -0.210. The summed E-state index contributed by atoms with van der Waals surface area (Å²) in [7, 11) is 1.62. The predicted molar refractivity (Wildman–Crippen MR) is 70.1 cm³/mol. The Morgan fingerprint density at radius 1 is 1.29 bits per heavy atom. The number of allylic oxidation sites excluding steroid dienone is 1. The number of alkyl halides is 1. The van der Waals surface area contributed by atoms with Gasteiger partial charge in [0.05, 0.1) is 7.11 Å². The molecule has 92 valence electrons. The van der Waals surface area contributed by atoms with Crippen LogP contribution in [0.2, 0.25) is 0 Å². The van der Waals surface area contributed by atoms with E-state index in [4.69, 9.17) is 16.3 Å². The van der Waals surface area contributed by atoms with E-state index in [1.165, 1.54) is 0 Å². The molecule has 0 spiro atoms. The Labute approximate surface area is 106 Å². The first kappa shape index (κ1) is 13.6. The van der Waals surface area contributed by atoms with Crippen LogP contribution < -0.4 is 10.1 Å². The van der Waals surface area contributed by atoms with Gasteiger partial charge in [0.1, 0.15) is 11.6 Å². The van der Waals surface area contributed by atoms with Crippen molar-refractivity contribution in [2.24, 2.45) is 0 Å². The molecule has 1 amide bonds. The zero-order chi connectivity index (χ0) is 12.8. The number of nitrogens with one attached hydrogen (secondary N) is 1. The van der Waals surface area contributed by atoms with Gasteiger partial charge in [0.25, 0.3) is 0 Å². The van der Waals surface area contributed by atoms with Gasteiger partial charge in [-0.15, -0.1) is 11.6 Å². The van der Waals surface area contributed by atoms with Crippen molar-refractivity contribution in [3.05, 3.63) is 35.4 Å². The molecule has 0 aliphatic carbocycles. The van der Waals surface area contributed by atoms with Gasteiger partial charge in [-0.1, -0.05) is 5.57 Å². The summed E-state index contributed by atoms with van der Waals surface area (Å²) in [4.78, 5) is 11.3. The van der Waals surface area contributed by atoms with E-state index in [1.54, 1.807) is 7.11 Å². The maximum Gasteiger partial charge on any atom is 0.239 e. The third-order valence-corrected chi connectivity index (χ3v) is 2.51. The number of methoxy groups -OCH3 is 1. The molecule has 0 bridgehead atoms. The van der Waals surface area contributed by atoms with Crippen LogP contribution in [0.5, 0.6) is 5.75 Å². The Hall–Kier alpha value is -1.48. The zero-order valence-corrected chi connectivity index (χ0v) is 11.0.